The lowest BCUT2D eigenvalue weighted by Crippen LogP contribution is -2.46. The molecule has 0 bridgehead atoms. The minimum atomic E-state index is -3.83. The molecule has 4 rings (SSSR count). The predicted octanol–water partition coefficient (Wildman–Crippen LogP) is 5.75. The van der Waals surface area contributed by atoms with Crippen LogP contribution in [-0.4, -0.2) is 44.1 Å². The highest BCUT2D eigenvalue weighted by Gasteiger charge is 2.35. The van der Waals surface area contributed by atoms with Crippen molar-refractivity contribution in [3.63, 3.8) is 0 Å². The van der Waals surface area contributed by atoms with Crippen LogP contribution in [0.15, 0.2) is 89.8 Å². The lowest BCUT2D eigenvalue weighted by Gasteiger charge is -2.33. The number of rotatable bonds is 9. The van der Waals surface area contributed by atoms with Gasteiger partial charge in [0.05, 0.1) is 17.0 Å². The molecular formula is C31H39N3O4S. The molecule has 1 saturated heterocycles. The van der Waals surface area contributed by atoms with Gasteiger partial charge in [-0.3, -0.25) is 0 Å². The van der Waals surface area contributed by atoms with E-state index in [-0.39, 0.29) is 17.0 Å². The van der Waals surface area contributed by atoms with Crippen molar-refractivity contribution in [2.45, 2.75) is 69.2 Å². The van der Waals surface area contributed by atoms with Crippen molar-refractivity contribution < 1.29 is 17.9 Å². The van der Waals surface area contributed by atoms with E-state index in [0.717, 1.165) is 29.5 Å². The molecule has 3 aromatic rings. The van der Waals surface area contributed by atoms with Gasteiger partial charge in [0, 0.05) is 19.1 Å². The van der Waals surface area contributed by atoms with Gasteiger partial charge >= 0.3 is 6.09 Å². The number of nitrogens with one attached hydrogen (secondary N) is 2. The van der Waals surface area contributed by atoms with E-state index in [0.29, 0.717) is 13.1 Å². The van der Waals surface area contributed by atoms with Crippen LogP contribution in [0.3, 0.4) is 0 Å². The summed E-state index contributed by atoms with van der Waals surface area (Å²) in [5.41, 5.74) is 2.20. The van der Waals surface area contributed by atoms with Crippen LogP contribution < -0.4 is 10.0 Å². The quantitative estimate of drug-likeness (QED) is 0.355. The summed E-state index contributed by atoms with van der Waals surface area (Å²) in [5.74, 6) is 0. The van der Waals surface area contributed by atoms with Gasteiger partial charge in [-0.2, -0.15) is 0 Å². The minimum Gasteiger partial charge on any atom is -0.444 e. The molecule has 7 nitrogen and oxygen atoms in total. The number of hydrogen-bond donors (Lipinski definition) is 2. The van der Waals surface area contributed by atoms with Gasteiger partial charge in [0.2, 0.25) is 10.0 Å². The number of ether oxygens (including phenoxy) is 1. The summed E-state index contributed by atoms with van der Waals surface area (Å²) in [4.78, 5) is 14.9. The third-order valence-corrected chi connectivity index (χ3v) is 8.30. The molecule has 3 aromatic carbocycles. The number of carbonyl (C=O) groups is 1. The van der Waals surface area contributed by atoms with Crippen LogP contribution in [0.25, 0.3) is 0 Å². The van der Waals surface area contributed by atoms with E-state index < -0.39 is 27.7 Å². The Morgan fingerprint density at radius 2 is 1.49 bits per heavy atom. The van der Waals surface area contributed by atoms with Gasteiger partial charge in [-0.05, 0) is 63.8 Å². The molecular weight excluding hydrogens is 510 g/mol. The van der Waals surface area contributed by atoms with Gasteiger partial charge in [0.1, 0.15) is 5.60 Å². The van der Waals surface area contributed by atoms with E-state index >= 15 is 0 Å². The van der Waals surface area contributed by atoms with Crippen LogP contribution in [0.5, 0.6) is 0 Å². The van der Waals surface area contributed by atoms with Crippen molar-refractivity contribution in [3.05, 3.63) is 102 Å². The SMILES string of the molecule is Cc1ccc(S(=O)(=O)NC(c2ccccc2)[C@@H](NC[C@@H]2CCCN2C(=O)OC(C)(C)C)c2ccccc2)cc1. The maximum absolute atomic E-state index is 13.6. The Kier molecular flexibility index (Phi) is 9.10. The lowest BCUT2D eigenvalue weighted by atomic mass is 9.93. The van der Waals surface area contributed by atoms with Gasteiger partial charge in [-0.25, -0.2) is 17.9 Å². The molecule has 0 saturated carbocycles. The third kappa shape index (κ3) is 7.68. The zero-order valence-electron chi connectivity index (χ0n) is 23.1. The maximum Gasteiger partial charge on any atom is 0.410 e. The Labute approximate surface area is 232 Å². The lowest BCUT2D eigenvalue weighted by molar-refractivity contribution is 0.0224. The standard InChI is InChI=1S/C31H39N3O4S/c1-23-17-19-27(20-18-23)39(36,37)33-29(25-14-9-6-10-15-25)28(24-12-7-5-8-13-24)32-22-26-16-11-21-34(26)30(35)38-31(2,3)4/h5-10,12-15,17-20,26,28-29,32-33H,11,16,21-22H2,1-4H3/t26-,28-,29?/m0/s1. The number of amides is 1. The van der Waals surface area contributed by atoms with Crippen molar-refractivity contribution in [3.8, 4) is 0 Å². The second-order valence-electron chi connectivity index (χ2n) is 11.1. The van der Waals surface area contributed by atoms with Crippen molar-refractivity contribution in [2.24, 2.45) is 0 Å². The summed E-state index contributed by atoms with van der Waals surface area (Å²) in [6, 6.07) is 25.2. The number of likely N-dealkylation sites (tertiary alicyclic amines) is 1. The average molecular weight is 550 g/mol. The average Bonchev–Trinajstić information content (AvgIpc) is 3.37. The zero-order chi connectivity index (χ0) is 28.0. The molecule has 1 aliphatic rings. The fourth-order valence-corrected chi connectivity index (χ4v) is 6.14. The van der Waals surface area contributed by atoms with Gasteiger partial charge in [0.25, 0.3) is 0 Å². The van der Waals surface area contributed by atoms with Gasteiger partial charge in [-0.15, -0.1) is 0 Å². The monoisotopic (exact) mass is 549 g/mol. The Morgan fingerprint density at radius 1 is 0.923 bits per heavy atom. The summed E-state index contributed by atoms with van der Waals surface area (Å²) >= 11 is 0. The third-order valence-electron chi connectivity index (χ3n) is 6.84. The first-order valence-electron chi connectivity index (χ1n) is 13.5. The highest BCUT2D eigenvalue weighted by molar-refractivity contribution is 7.89. The van der Waals surface area contributed by atoms with Crippen LogP contribution in [0, 0.1) is 6.92 Å². The Morgan fingerprint density at radius 3 is 2.05 bits per heavy atom. The molecule has 208 valence electrons. The topological polar surface area (TPSA) is 87.7 Å². The van der Waals surface area contributed by atoms with Crippen LogP contribution in [0.1, 0.15) is 62.4 Å². The molecule has 1 fully saturated rings. The molecule has 0 radical (unpaired) electrons. The summed E-state index contributed by atoms with van der Waals surface area (Å²) in [5, 5.41) is 3.63. The number of hydrogen-bond acceptors (Lipinski definition) is 5. The number of aryl methyl sites for hydroxylation is 1. The van der Waals surface area contributed by atoms with Gasteiger partial charge in [-0.1, -0.05) is 78.4 Å². The van der Waals surface area contributed by atoms with Crippen molar-refractivity contribution in [1.29, 1.82) is 0 Å². The van der Waals surface area contributed by atoms with Crippen molar-refractivity contribution in [2.75, 3.05) is 13.1 Å². The molecule has 0 spiro atoms. The first-order valence-corrected chi connectivity index (χ1v) is 14.9. The van der Waals surface area contributed by atoms with Crippen LogP contribution in [0.2, 0.25) is 0 Å². The first-order chi connectivity index (χ1) is 18.5. The molecule has 0 aromatic heterocycles. The second-order valence-corrected chi connectivity index (χ2v) is 12.8. The van der Waals surface area contributed by atoms with E-state index in [1.807, 2.05) is 88.4 Å². The van der Waals surface area contributed by atoms with E-state index in [1.165, 1.54) is 0 Å². The van der Waals surface area contributed by atoms with Crippen molar-refractivity contribution in [1.82, 2.24) is 14.9 Å². The summed E-state index contributed by atoms with van der Waals surface area (Å²) in [6.07, 6.45) is 1.42. The number of sulfonamides is 1. The molecule has 1 amide bonds. The molecule has 8 heteroatoms. The Hall–Kier alpha value is -3.20. The Balaban J connectivity index is 1.65. The van der Waals surface area contributed by atoms with Gasteiger partial charge in [0.15, 0.2) is 0 Å². The van der Waals surface area contributed by atoms with Crippen LogP contribution in [0.4, 0.5) is 4.79 Å². The molecule has 1 aliphatic heterocycles. The summed E-state index contributed by atoms with van der Waals surface area (Å²) in [6.45, 7) is 8.65. The highest BCUT2D eigenvalue weighted by atomic mass is 32.2. The summed E-state index contributed by atoms with van der Waals surface area (Å²) in [7, 11) is -3.83. The van der Waals surface area contributed by atoms with Crippen LogP contribution >= 0.6 is 0 Å². The predicted molar refractivity (Wildman–Crippen MR) is 154 cm³/mol. The van der Waals surface area contributed by atoms with E-state index in [9.17, 15) is 13.2 Å². The van der Waals surface area contributed by atoms with Gasteiger partial charge < -0.3 is 15.0 Å². The smallest absolute Gasteiger partial charge is 0.410 e. The highest BCUT2D eigenvalue weighted by Crippen LogP contribution is 2.32. The number of carbonyl (C=O) groups excluding carboxylic acids is 1. The fourth-order valence-electron chi connectivity index (χ4n) is 4.90. The molecule has 1 heterocycles. The normalized spacial score (nSPS) is 17.5. The van der Waals surface area contributed by atoms with E-state index in [4.69, 9.17) is 4.74 Å². The number of nitrogens with zero attached hydrogens (tertiary/aromatic N) is 1. The molecule has 3 atom stereocenters. The van der Waals surface area contributed by atoms with E-state index in [2.05, 4.69) is 10.0 Å². The fraction of sp³-hybridized carbons (Fsp3) is 0.387. The molecule has 0 aliphatic carbocycles. The maximum atomic E-state index is 13.6. The molecule has 2 N–H and O–H groups in total. The van der Waals surface area contributed by atoms with Crippen LogP contribution in [-0.2, 0) is 14.8 Å². The molecule has 39 heavy (non-hydrogen) atoms. The Bertz CT molecular complexity index is 1320. The van der Waals surface area contributed by atoms with E-state index in [1.54, 1.807) is 29.2 Å². The van der Waals surface area contributed by atoms with Crippen molar-refractivity contribution >= 4 is 16.1 Å². The summed E-state index contributed by atoms with van der Waals surface area (Å²) < 4.78 is 35.8. The zero-order valence-corrected chi connectivity index (χ0v) is 23.9. The largest absolute Gasteiger partial charge is 0.444 e. The number of benzene rings is 3. The first kappa shape index (κ1) is 28.8. The minimum absolute atomic E-state index is 0.0591. The second kappa shape index (κ2) is 12.3. The molecule has 1 unspecified atom stereocenters.